The van der Waals surface area contributed by atoms with Crippen molar-refractivity contribution in [1.82, 2.24) is 19.9 Å². The van der Waals surface area contributed by atoms with Crippen LogP contribution in [-0.4, -0.2) is 32.6 Å². The van der Waals surface area contributed by atoms with Gasteiger partial charge in [-0.15, -0.1) is 0 Å². The maximum Gasteiger partial charge on any atom is 0.344 e. The van der Waals surface area contributed by atoms with E-state index in [4.69, 9.17) is 4.74 Å². The Morgan fingerprint density at radius 1 is 1.03 bits per heavy atom. The van der Waals surface area contributed by atoms with Crippen LogP contribution in [0, 0.1) is 0 Å². The Balaban J connectivity index is 1.47. The second-order valence-corrected chi connectivity index (χ2v) is 6.74. The molecule has 4 rings (SSSR count). The second-order valence-electron chi connectivity index (χ2n) is 6.74. The zero-order valence-electron chi connectivity index (χ0n) is 16.4. The van der Waals surface area contributed by atoms with Gasteiger partial charge >= 0.3 is 5.97 Å². The summed E-state index contributed by atoms with van der Waals surface area (Å²) in [4.78, 5) is 29.2. The Morgan fingerprint density at radius 2 is 1.73 bits per heavy atom. The Morgan fingerprint density at radius 3 is 2.47 bits per heavy atom. The van der Waals surface area contributed by atoms with Crippen LogP contribution in [0.3, 0.4) is 0 Å². The molecule has 1 amide bonds. The highest BCUT2D eigenvalue weighted by atomic mass is 16.5. The molecule has 2 aromatic carbocycles. The third-order valence-corrected chi connectivity index (χ3v) is 4.65. The summed E-state index contributed by atoms with van der Waals surface area (Å²) in [5.41, 5.74) is 3.29. The molecule has 0 saturated carbocycles. The van der Waals surface area contributed by atoms with Gasteiger partial charge in [-0.1, -0.05) is 60.7 Å². The molecule has 1 atom stereocenters. The lowest BCUT2D eigenvalue weighted by Gasteiger charge is -2.13. The highest BCUT2D eigenvalue weighted by molar-refractivity contribution is 5.97. The van der Waals surface area contributed by atoms with Crippen LogP contribution in [0.1, 0.15) is 22.8 Å². The molecule has 0 saturated heterocycles. The van der Waals surface area contributed by atoms with Gasteiger partial charge in [0, 0.05) is 18.3 Å². The lowest BCUT2D eigenvalue weighted by atomic mass is 10.1. The second kappa shape index (κ2) is 8.57. The van der Waals surface area contributed by atoms with Crippen molar-refractivity contribution in [3.8, 4) is 11.3 Å². The van der Waals surface area contributed by atoms with E-state index in [1.807, 2.05) is 66.7 Å². The van der Waals surface area contributed by atoms with E-state index in [0.717, 1.165) is 16.8 Å². The van der Waals surface area contributed by atoms with Gasteiger partial charge in [-0.25, -0.2) is 14.3 Å². The number of esters is 1. The van der Waals surface area contributed by atoms with E-state index < -0.39 is 12.1 Å². The zero-order chi connectivity index (χ0) is 20.9. The van der Waals surface area contributed by atoms with Crippen molar-refractivity contribution in [2.75, 3.05) is 0 Å². The van der Waals surface area contributed by atoms with E-state index in [0.29, 0.717) is 12.2 Å². The third kappa shape index (κ3) is 4.05. The molecule has 0 fully saturated rings. The number of nitrogens with zero attached hydrogens (tertiary/aromatic N) is 3. The van der Waals surface area contributed by atoms with Gasteiger partial charge in [-0.2, -0.15) is 5.10 Å². The molecule has 7 heteroatoms. The number of benzene rings is 2. The van der Waals surface area contributed by atoms with Crippen LogP contribution < -0.4 is 5.32 Å². The van der Waals surface area contributed by atoms with E-state index in [9.17, 15) is 9.59 Å². The van der Waals surface area contributed by atoms with Crippen LogP contribution in [0.5, 0.6) is 0 Å². The van der Waals surface area contributed by atoms with Gasteiger partial charge in [0.15, 0.2) is 11.8 Å². The van der Waals surface area contributed by atoms with Crippen molar-refractivity contribution >= 4 is 17.5 Å². The summed E-state index contributed by atoms with van der Waals surface area (Å²) in [7, 11) is 0. The predicted octanol–water partition coefficient (Wildman–Crippen LogP) is 3.26. The molecule has 7 nitrogen and oxygen atoms in total. The number of carbonyl (C=O) groups is 2. The van der Waals surface area contributed by atoms with Crippen LogP contribution in [0.25, 0.3) is 16.9 Å². The Kier molecular flexibility index (Phi) is 5.52. The SMILES string of the molecule is CC(OC(=O)c1cnn2c(-c3ccccc3)ccnc12)C(=O)NCc1ccccc1. The number of fused-ring (bicyclic) bond motifs is 1. The first-order chi connectivity index (χ1) is 14.6. The first-order valence-corrected chi connectivity index (χ1v) is 9.54. The van der Waals surface area contributed by atoms with E-state index in [1.165, 1.54) is 13.1 Å². The number of amides is 1. The standard InChI is InChI=1S/C23H20N4O3/c1-16(22(28)25-14-17-8-4-2-5-9-17)30-23(29)19-15-26-27-20(12-13-24-21(19)27)18-10-6-3-7-11-18/h2-13,15-16H,14H2,1H3,(H,25,28). The number of hydrogen-bond acceptors (Lipinski definition) is 5. The molecule has 2 aromatic heterocycles. The van der Waals surface area contributed by atoms with Gasteiger partial charge in [0.2, 0.25) is 0 Å². The molecule has 1 N–H and O–H groups in total. The van der Waals surface area contributed by atoms with Crippen molar-refractivity contribution < 1.29 is 14.3 Å². The van der Waals surface area contributed by atoms with Gasteiger partial charge < -0.3 is 10.1 Å². The Hall–Kier alpha value is -4.00. The molecule has 1 unspecified atom stereocenters. The summed E-state index contributed by atoms with van der Waals surface area (Å²) in [5, 5.41) is 7.06. The average molecular weight is 400 g/mol. The van der Waals surface area contributed by atoms with Crippen LogP contribution in [0.4, 0.5) is 0 Å². The molecule has 0 aliphatic heterocycles. The fraction of sp³-hybridized carbons (Fsp3) is 0.130. The van der Waals surface area contributed by atoms with Gasteiger partial charge in [-0.05, 0) is 18.6 Å². The highest BCUT2D eigenvalue weighted by Gasteiger charge is 2.22. The molecule has 0 radical (unpaired) electrons. The van der Waals surface area contributed by atoms with E-state index in [-0.39, 0.29) is 11.5 Å². The number of hydrogen-bond donors (Lipinski definition) is 1. The fourth-order valence-electron chi connectivity index (χ4n) is 3.07. The van der Waals surface area contributed by atoms with Crippen LogP contribution in [0.2, 0.25) is 0 Å². The summed E-state index contributed by atoms with van der Waals surface area (Å²) < 4.78 is 6.94. The number of carbonyl (C=O) groups excluding carboxylic acids is 2. The molecule has 0 aliphatic rings. The minimum Gasteiger partial charge on any atom is -0.449 e. The largest absolute Gasteiger partial charge is 0.449 e. The lowest BCUT2D eigenvalue weighted by molar-refractivity contribution is -0.129. The minimum atomic E-state index is -0.950. The summed E-state index contributed by atoms with van der Waals surface area (Å²) in [6.07, 6.45) is 2.08. The maximum absolute atomic E-state index is 12.7. The van der Waals surface area contributed by atoms with Crippen LogP contribution in [-0.2, 0) is 16.1 Å². The molecule has 4 aromatic rings. The normalized spacial score (nSPS) is 11.8. The number of aromatic nitrogens is 3. The van der Waals surface area contributed by atoms with Crippen molar-refractivity contribution in [3.63, 3.8) is 0 Å². The first kappa shape index (κ1) is 19.3. The fourth-order valence-corrected chi connectivity index (χ4v) is 3.07. The van der Waals surface area contributed by atoms with Gasteiger partial charge in [-0.3, -0.25) is 4.79 Å². The van der Waals surface area contributed by atoms with Crippen molar-refractivity contribution in [2.24, 2.45) is 0 Å². The zero-order valence-corrected chi connectivity index (χ0v) is 16.4. The van der Waals surface area contributed by atoms with Crippen LogP contribution in [0.15, 0.2) is 79.1 Å². The van der Waals surface area contributed by atoms with Crippen LogP contribution >= 0.6 is 0 Å². The summed E-state index contributed by atoms with van der Waals surface area (Å²) >= 11 is 0. The molecular weight excluding hydrogens is 380 g/mol. The number of nitrogens with one attached hydrogen (secondary N) is 1. The maximum atomic E-state index is 12.7. The predicted molar refractivity (Wildman–Crippen MR) is 112 cm³/mol. The average Bonchev–Trinajstić information content (AvgIpc) is 3.23. The van der Waals surface area contributed by atoms with Gasteiger partial charge in [0.05, 0.1) is 11.9 Å². The molecule has 30 heavy (non-hydrogen) atoms. The minimum absolute atomic E-state index is 0.204. The van der Waals surface area contributed by atoms with Crippen molar-refractivity contribution in [1.29, 1.82) is 0 Å². The summed E-state index contributed by atoms with van der Waals surface area (Å²) in [6, 6.07) is 21.0. The molecule has 0 spiro atoms. The van der Waals surface area contributed by atoms with Crippen molar-refractivity contribution in [3.05, 3.63) is 90.3 Å². The molecule has 0 bridgehead atoms. The highest BCUT2D eigenvalue weighted by Crippen LogP contribution is 2.21. The molecule has 0 aliphatic carbocycles. The van der Waals surface area contributed by atoms with Crippen molar-refractivity contribution in [2.45, 2.75) is 19.6 Å². The molecule has 2 heterocycles. The van der Waals surface area contributed by atoms with Gasteiger partial charge in [0.1, 0.15) is 5.56 Å². The lowest BCUT2D eigenvalue weighted by Crippen LogP contribution is -2.35. The number of ether oxygens (including phenoxy) is 1. The van der Waals surface area contributed by atoms with E-state index >= 15 is 0 Å². The third-order valence-electron chi connectivity index (χ3n) is 4.65. The number of rotatable bonds is 6. The molecular formula is C23H20N4O3. The Bertz CT molecular complexity index is 1170. The monoisotopic (exact) mass is 400 g/mol. The smallest absolute Gasteiger partial charge is 0.344 e. The summed E-state index contributed by atoms with van der Waals surface area (Å²) in [5.74, 6) is -1.02. The molecule has 150 valence electrons. The van der Waals surface area contributed by atoms with Gasteiger partial charge in [0.25, 0.3) is 5.91 Å². The quantitative estimate of drug-likeness (QED) is 0.502. The topological polar surface area (TPSA) is 85.6 Å². The Labute approximate surface area is 173 Å². The first-order valence-electron chi connectivity index (χ1n) is 9.54. The van der Waals surface area contributed by atoms with E-state index in [1.54, 1.807) is 10.7 Å². The summed E-state index contributed by atoms with van der Waals surface area (Å²) in [6.45, 7) is 1.90. The van der Waals surface area contributed by atoms with E-state index in [2.05, 4.69) is 15.4 Å².